The number of nitrogens with zero attached hydrogens (tertiary/aromatic N) is 4. The van der Waals surface area contributed by atoms with Gasteiger partial charge in [-0.1, -0.05) is 37.1 Å². The van der Waals surface area contributed by atoms with Crippen molar-refractivity contribution < 1.29 is 19.2 Å². The molecule has 46 heavy (non-hydrogen) atoms. The molecule has 4 atom stereocenters. The molecule has 8 nitrogen and oxygen atoms in total. The Bertz CT molecular complexity index is 1470. The lowest BCUT2D eigenvalue weighted by atomic mass is 9.85. The zero-order valence-corrected chi connectivity index (χ0v) is 27.9. The molecule has 3 aliphatic rings. The Morgan fingerprint density at radius 3 is 2.39 bits per heavy atom. The van der Waals surface area contributed by atoms with E-state index in [1.54, 1.807) is 36.4 Å². The van der Waals surface area contributed by atoms with E-state index in [-0.39, 0.29) is 59.0 Å². The third-order valence-electron chi connectivity index (χ3n) is 10.4. The average Bonchev–Trinajstić information content (AvgIpc) is 3.61. The summed E-state index contributed by atoms with van der Waals surface area (Å²) in [6, 6.07) is 15.8. The summed E-state index contributed by atoms with van der Waals surface area (Å²) in [7, 11) is 0. The Labute approximate surface area is 282 Å². The highest BCUT2D eigenvalue weighted by molar-refractivity contribution is 5.85. The van der Waals surface area contributed by atoms with Crippen LogP contribution in [0.4, 0.5) is 10.1 Å². The van der Waals surface area contributed by atoms with Gasteiger partial charge in [-0.2, -0.15) is 5.10 Å². The van der Waals surface area contributed by atoms with Crippen LogP contribution < -0.4 is 0 Å². The Morgan fingerprint density at radius 1 is 1.07 bits per heavy atom. The van der Waals surface area contributed by atoms with E-state index in [4.69, 9.17) is 5.10 Å². The third-order valence-corrected chi connectivity index (χ3v) is 10.4. The van der Waals surface area contributed by atoms with Crippen molar-refractivity contribution in [3.63, 3.8) is 0 Å². The van der Waals surface area contributed by atoms with Gasteiger partial charge in [0, 0.05) is 43.3 Å². The highest BCUT2D eigenvalue weighted by Crippen LogP contribution is 2.49. The first kappa shape index (κ1) is 35.8. The fourth-order valence-corrected chi connectivity index (χ4v) is 7.89. The maximum Gasteiger partial charge on any atom is 0.306 e. The number of aliphatic carboxylic acids is 1. The van der Waals surface area contributed by atoms with Gasteiger partial charge in [-0.05, 0) is 105 Å². The average molecular weight is 676 g/mol. The molecule has 250 valence electrons. The number of aromatic nitrogens is 2. The monoisotopic (exact) mass is 674 g/mol. The van der Waals surface area contributed by atoms with E-state index >= 15 is 0 Å². The van der Waals surface area contributed by atoms with E-state index in [0.29, 0.717) is 24.2 Å². The van der Waals surface area contributed by atoms with Crippen LogP contribution in [-0.4, -0.2) is 50.3 Å². The molecule has 2 aliphatic carbocycles. The molecule has 6 rings (SSSR count). The molecular formula is C35H45Cl2FN4O4. The van der Waals surface area contributed by atoms with Gasteiger partial charge in [0.25, 0.3) is 5.69 Å². The second-order valence-electron chi connectivity index (χ2n) is 13.3. The molecule has 2 aromatic carbocycles. The number of hydrogen-bond donors (Lipinski definition) is 1. The molecule has 2 heterocycles. The van der Waals surface area contributed by atoms with Crippen LogP contribution in [0.25, 0.3) is 0 Å². The number of carboxylic acid groups (broad SMARTS) is 1. The predicted octanol–water partition coefficient (Wildman–Crippen LogP) is 7.88. The van der Waals surface area contributed by atoms with Crippen LogP contribution in [-0.2, 0) is 17.8 Å². The Morgan fingerprint density at radius 2 is 1.78 bits per heavy atom. The minimum absolute atomic E-state index is 0. The van der Waals surface area contributed by atoms with Gasteiger partial charge in [-0.15, -0.1) is 24.8 Å². The van der Waals surface area contributed by atoms with Crippen LogP contribution in [0.15, 0.2) is 54.6 Å². The van der Waals surface area contributed by atoms with E-state index < -0.39 is 5.97 Å². The highest BCUT2D eigenvalue weighted by atomic mass is 35.5. The molecule has 0 bridgehead atoms. The summed E-state index contributed by atoms with van der Waals surface area (Å²) < 4.78 is 16.4. The van der Waals surface area contributed by atoms with Crippen LogP contribution in [0.1, 0.15) is 86.2 Å². The Hall–Kier alpha value is -3.01. The number of carbonyl (C=O) groups is 1. The number of non-ortho nitro benzene ring substituents is 1. The van der Waals surface area contributed by atoms with Crippen molar-refractivity contribution in [1.29, 1.82) is 0 Å². The number of rotatable bonds is 12. The van der Waals surface area contributed by atoms with Crippen molar-refractivity contribution in [2.45, 2.75) is 76.7 Å². The zero-order chi connectivity index (χ0) is 30.8. The van der Waals surface area contributed by atoms with E-state index in [0.717, 1.165) is 87.9 Å². The first-order chi connectivity index (χ1) is 21.3. The second kappa shape index (κ2) is 15.7. The maximum absolute atomic E-state index is 14.3. The van der Waals surface area contributed by atoms with E-state index in [2.05, 4.69) is 22.6 Å². The summed E-state index contributed by atoms with van der Waals surface area (Å²) in [5, 5.41) is 26.0. The van der Waals surface area contributed by atoms with Gasteiger partial charge >= 0.3 is 5.97 Å². The molecule has 0 spiro atoms. The predicted molar refractivity (Wildman–Crippen MR) is 181 cm³/mol. The molecule has 3 fully saturated rings. The summed E-state index contributed by atoms with van der Waals surface area (Å²) >= 11 is 0. The first-order valence-corrected chi connectivity index (χ1v) is 16.3. The second-order valence-corrected chi connectivity index (χ2v) is 13.3. The van der Waals surface area contributed by atoms with Crippen LogP contribution in [0.3, 0.4) is 0 Å². The molecule has 3 unspecified atom stereocenters. The van der Waals surface area contributed by atoms with Gasteiger partial charge in [0.15, 0.2) is 0 Å². The number of hydrogen-bond acceptors (Lipinski definition) is 5. The smallest absolute Gasteiger partial charge is 0.306 e. The summed E-state index contributed by atoms with van der Waals surface area (Å²) in [4.78, 5) is 25.5. The summed E-state index contributed by atoms with van der Waals surface area (Å²) in [5.41, 5.74) is 4.34. The fourth-order valence-electron chi connectivity index (χ4n) is 7.89. The summed E-state index contributed by atoms with van der Waals surface area (Å²) in [6.45, 7) is 5.76. The SMILES string of the molecule is CCn1nc(Cc2ccc([N+](=O)[O-])cc2)cc1C1CCN(CC2CC([C@H](CC3CC3)C(=O)O)CC2c2cccc(F)c2)CC1.Cl.Cl. The Kier molecular flexibility index (Phi) is 12.2. The molecule has 3 aromatic rings. The molecular weight excluding hydrogens is 630 g/mol. The lowest BCUT2D eigenvalue weighted by Gasteiger charge is -2.35. The number of likely N-dealkylation sites (tertiary alicyclic amines) is 1. The number of benzene rings is 2. The Balaban J connectivity index is 0.00000240. The van der Waals surface area contributed by atoms with E-state index in [1.807, 2.05) is 6.07 Å². The molecule has 0 radical (unpaired) electrons. The van der Waals surface area contributed by atoms with E-state index in [1.165, 1.54) is 11.8 Å². The molecule has 1 aliphatic heterocycles. The number of piperidine rings is 1. The number of halogens is 3. The molecule has 0 amide bonds. The van der Waals surface area contributed by atoms with Gasteiger partial charge in [0.1, 0.15) is 5.82 Å². The van der Waals surface area contributed by atoms with Gasteiger partial charge in [-0.25, -0.2) is 4.39 Å². The van der Waals surface area contributed by atoms with Crippen molar-refractivity contribution in [1.82, 2.24) is 14.7 Å². The van der Waals surface area contributed by atoms with Crippen LogP contribution >= 0.6 is 24.8 Å². The quantitative estimate of drug-likeness (QED) is 0.155. The largest absolute Gasteiger partial charge is 0.481 e. The van der Waals surface area contributed by atoms with Crippen LogP contribution in [0.2, 0.25) is 0 Å². The van der Waals surface area contributed by atoms with Crippen molar-refractivity contribution in [2.24, 2.45) is 23.7 Å². The van der Waals surface area contributed by atoms with E-state index in [9.17, 15) is 24.4 Å². The molecule has 1 saturated heterocycles. The van der Waals surface area contributed by atoms with Crippen molar-refractivity contribution >= 4 is 36.5 Å². The van der Waals surface area contributed by atoms with Crippen molar-refractivity contribution in [3.05, 3.63) is 93.0 Å². The molecule has 2 saturated carbocycles. The molecule has 1 N–H and O–H groups in total. The fraction of sp³-hybridized carbons (Fsp3) is 0.543. The van der Waals surface area contributed by atoms with Crippen molar-refractivity contribution in [2.75, 3.05) is 19.6 Å². The minimum Gasteiger partial charge on any atom is -0.481 e. The van der Waals surface area contributed by atoms with Gasteiger partial charge in [-0.3, -0.25) is 19.6 Å². The third kappa shape index (κ3) is 8.47. The van der Waals surface area contributed by atoms with Crippen LogP contribution in [0, 0.1) is 39.6 Å². The lowest BCUT2D eigenvalue weighted by Crippen LogP contribution is -2.37. The van der Waals surface area contributed by atoms with Crippen molar-refractivity contribution in [3.8, 4) is 0 Å². The minimum atomic E-state index is -0.665. The number of nitro benzene ring substituents is 1. The first-order valence-electron chi connectivity index (χ1n) is 16.3. The van der Waals surface area contributed by atoms with Gasteiger partial charge in [0.2, 0.25) is 0 Å². The normalized spacial score (nSPS) is 22.5. The highest BCUT2D eigenvalue weighted by Gasteiger charge is 2.43. The van der Waals surface area contributed by atoms with Crippen LogP contribution in [0.5, 0.6) is 0 Å². The number of aryl methyl sites for hydroxylation is 1. The lowest BCUT2D eigenvalue weighted by molar-refractivity contribution is -0.384. The standard InChI is InChI=1S/C35H43FN4O4.2ClH/c1-2-39-34(21-30(37-39)16-23-8-10-31(11-9-23)40(43)44)25-12-14-38(15-13-25)22-28-18-27(33(35(41)42)17-24-6-7-24)20-32(28)26-4-3-5-29(36)19-26;;/h3-5,8-11,19,21,24-25,27-28,32-33H,2,6-7,12-18,20,22H2,1H3,(H,41,42);2*1H/t27?,28?,32?,33-;;/m0../s1. The van der Waals surface area contributed by atoms with Gasteiger partial charge in [0.05, 0.1) is 16.5 Å². The maximum atomic E-state index is 14.3. The number of nitro groups is 1. The summed E-state index contributed by atoms with van der Waals surface area (Å²) in [6.07, 6.45) is 7.49. The van der Waals surface area contributed by atoms with Gasteiger partial charge < -0.3 is 10.0 Å². The molecule has 1 aromatic heterocycles. The summed E-state index contributed by atoms with van der Waals surface area (Å²) in [5.74, 6) is 0.413. The number of carboxylic acids is 1. The zero-order valence-electron chi connectivity index (χ0n) is 26.3. The topological polar surface area (TPSA) is 101 Å². The molecule has 11 heteroatoms.